The predicted octanol–water partition coefficient (Wildman–Crippen LogP) is 3.82. The third-order valence-electron chi connectivity index (χ3n) is 3.02. The third kappa shape index (κ3) is 2.56. The van der Waals surface area contributed by atoms with E-state index in [2.05, 4.69) is 9.97 Å². The second kappa shape index (κ2) is 4.94. The number of H-pyrrole nitrogens is 1. The van der Waals surface area contributed by atoms with Gasteiger partial charge in [0.1, 0.15) is 11.6 Å². The Morgan fingerprint density at radius 3 is 2.68 bits per heavy atom. The lowest BCUT2D eigenvalue weighted by Crippen LogP contribution is -1.91. The van der Waals surface area contributed by atoms with Crippen LogP contribution in [-0.4, -0.2) is 17.1 Å². The molecular weight excluding hydrogens is 260 g/mol. The first-order valence-corrected chi connectivity index (χ1v) is 6.39. The van der Waals surface area contributed by atoms with E-state index in [0.717, 1.165) is 29.0 Å². The zero-order chi connectivity index (χ0) is 13.2. The van der Waals surface area contributed by atoms with Gasteiger partial charge in [-0.15, -0.1) is 0 Å². The zero-order valence-electron chi connectivity index (χ0n) is 10.5. The second-order valence-electron chi connectivity index (χ2n) is 4.37. The number of fused-ring (bicyclic) bond motifs is 1. The Morgan fingerprint density at radius 2 is 1.95 bits per heavy atom. The third-order valence-corrected chi connectivity index (χ3v) is 3.26. The van der Waals surface area contributed by atoms with E-state index in [1.165, 1.54) is 5.56 Å². The Bertz CT molecular complexity index is 704. The maximum atomic E-state index is 5.96. The minimum absolute atomic E-state index is 0.715. The molecule has 96 valence electrons. The summed E-state index contributed by atoms with van der Waals surface area (Å²) in [6.45, 7) is 0. The van der Waals surface area contributed by atoms with Crippen molar-refractivity contribution in [2.45, 2.75) is 6.42 Å². The number of hydrogen-bond acceptors (Lipinski definition) is 2. The number of imidazole rings is 1. The molecule has 1 N–H and O–H groups in total. The monoisotopic (exact) mass is 272 g/mol. The molecule has 0 unspecified atom stereocenters. The van der Waals surface area contributed by atoms with Gasteiger partial charge in [-0.05, 0) is 35.9 Å². The molecule has 1 heterocycles. The van der Waals surface area contributed by atoms with E-state index >= 15 is 0 Å². The minimum atomic E-state index is 0.715. The lowest BCUT2D eigenvalue weighted by molar-refractivity contribution is 0.414. The van der Waals surface area contributed by atoms with Crippen LogP contribution in [0.4, 0.5) is 0 Å². The van der Waals surface area contributed by atoms with Gasteiger partial charge in [0.25, 0.3) is 0 Å². The molecule has 0 atom stereocenters. The van der Waals surface area contributed by atoms with Crippen LogP contribution in [0.5, 0.6) is 5.75 Å². The number of aromatic nitrogens is 2. The smallest absolute Gasteiger partial charge is 0.118 e. The Hall–Kier alpha value is -2.00. The predicted molar refractivity (Wildman–Crippen MR) is 76.9 cm³/mol. The molecule has 4 heteroatoms. The summed E-state index contributed by atoms with van der Waals surface area (Å²) >= 11 is 5.96. The molecular formula is C15H13ClN2O. The first-order valence-electron chi connectivity index (χ1n) is 6.02. The molecule has 0 aliphatic rings. The molecule has 1 aromatic heterocycles. The molecule has 0 saturated heterocycles. The Labute approximate surface area is 116 Å². The van der Waals surface area contributed by atoms with Crippen molar-refractivity contribution in [2.24, 2.45) is 0 Å². The Morgan fingerprint density at radius 1 is 1.16 bits per heavy atom. The number of benzene rings is 2. The van der Waals surface area contributed by atoms with E-state index < -0.39 is 0 Å². The van der Waals surface area contributed by atoms with Crippen LogP contribution in [0.2, 0.25) is 5.02 Å². The molecule has 0 amide bonds. The number of aromatic amines is 1. The molecule has 0 aliphatic carbocycles. The lowest BCUT2D eigenvalue weighted by Gasteiger charge is -2.01. The van der Waals surface area contributed by atoms with Crippen molar-refractivity contribution >= 4 is 22.6 Å². The van der Waals surface area contributed by atoms with E-state index in [0.29, 0.717) is 5.02 Å². The molecule has 0 saturated carbocycles. The highest BCUT2D eigenvalue weighted by molar-refractivity contribution is 6.31. The number of ether oxygens (including phenoxy) is 1. The summed E-state index contributed by atoms with van der Waals surface area (Å²) in [5.74, 6) is 1.79. The van der Waals surface area contributed by atoms with Crippen LogP contribution in [0.25, 0.3) is 11.0 Å². The molecule has 0 bridgehead atoms. The van der Waals surface area contributed by atoms with Gasteiger partial charge < -0.3 is 9.72 Å². The number of nitrogens with one attached hydrogen (secondary N) is 1. The Balaban J connectivity index is 1.87. The molecule has 3 aromatic rings. The molecule has 19 heavy (non-hydrogen) atoms. The molecule has 0 aliphatic heterocycles. The zero-order valence-corrected chi connectivity index (χ0v) is 11.2. The van der Waals surface area contributed by atoms with Crippen LogP contribution in [0.15, 0.2) is 42.5 Å². The topological polar surface area (TPSA) is 37.9 Å². The fourth-order valence-corrected chi connectivity index (χ4v) is 2.23. The van der Waals surface area contributed by atoms with Crippen molar-refractivity contribution in [2.75, 3.05) is 7.11 Å². The summed E-state index contributed by atoms with van der Waals surface area (Å²) in [5, 5.41) is 0.715. The molecule has 0 fully saturated rings. The summed E-state index contributed by atoms with van der Waals surface area (Å²) in [6, 6.07) is 13.6. The van der Waals surface area contributed by atoms with Crippen molar-refractivity contribution in [1.82, 2.24) is 9.97 Å². The quantitative estimate of drug-likeness (QED) is 0.787. The normalized spacial score (nSPS) is 10.8. The van der Waals surface area contributed by atoms with Crippen LogP contribution < -0.4 is 4.74 Å². The number of rotatable bonds is 3. The van der Waals surface area contributed by atoms with Crippen molar-refractivity contribution in [3.8, 4) is 5.75 Å². The van der Waals surface area contributed by atoms with E-state index in [1.54, 1.807) is 7.11 Å². The average Bonchev–Trinajstić information content (AvgIpc) is 2.81. The first-order chi connectivity index (χ1) is 9.24. The standard InChI is InChI=1S/C15H13ClN2O/c1-19-12-5-2-10(3-6-12)8-15-17-13-7-4-11(16)9-14(13)18-15/h2-7,9H,8H2,1H3,(H,17,18). The van der Waals surface area contributed by atoms with Gasteiger partial charge in [0.05, 0.1) is 18.1 Å². The minimum Gasteiger partial charge on any atom is -0.497 e. The van der Waals surface area contributed by atoms with Gasteiger partial charge in [0, 0.05) is 11.4 Å². The molecule has 2 aromatic carbocycles. The molecule has 0 spiro atoms. The maximum absolute atomic E-state index is 5.96. The van der Waals surface area contributed by atoms with Crippen molar-refractivity contribution in [3.05, 3.63) is 58.9 Å². The summed E-state index contributed by atoms with van der Waals surface area (Å²) in [4.78, 5) is 7.83. The number of halogens is 1. The summed E-state index contributed by atoms with van der Waals surface area (Å²) in [7, 11) is 1.66. The van der Waals surface area contributed by atoms with Crippen LogP contribution in [0, 0.1) is 0 Å². The van der Waals surface area contributed by atoms with Crippen LogP contribution in [0.3, 0.4) is 0 Å². The van der Waals surface area contributed by atoms with E-state index in [9.17, 15) is 0 Å². The summed E-state index contributed by atoms with van der Waals surface area (Å²) < 4.78 is 5.14. The van der Waals surface area contributed by atoms with Gasteiger partial charge in [-0.2, -0.15) is 0 Å². The van der Waals surface area contributed by atoms with E-state index in [1.807, 2.05) is 42.5 Å². The average molecular weight is 273 g/mol. The van der Waals surface area contributed by atoms with E-state index in [-0.39, 0.29) is 0 Å². The van der Waals surface area contributed by atoms with Crippen LogP contribution >= 0.6 is 11.6 Å². The molecule has 0 radical (unpaired) electrons. The largest absolute Gasteiger partial charge is 0.497 e. The van der Waals surface area contributed by atoms with Gasteiger partial charge in [-0.3, -0.25) is 0 Å². The fourth-order valence-electron chi connectivity index (χ4n) is 2.06. The van der Waals surface area contributed by atoms with Crippen molar-refractivity contribution in [3.63, 3.8) is 0 Å². The highest BCUT2D eigenvalue weighted by atomic mass is 35.5. The molecule has 3 nitrogen and oxygen atoms in total. The van der Waals surface area contributed by atoms with Crippen molar-refractivity contribution in [1.29, 1.82) is 0 Å². The Kier molecular flexibility index (Phi) is 3.13. The number of methoxy groups -OCH3 is 1. The summed E-state index contributed by atoms with van der Waals surface area (Å²) in [6.07, 6.45) is 0.760. The van der Waals surface area contributed by atoms with Gasteiger partial charge in [0.15, 0.2) is 0 Å². The van der Waals surface area contributed by atoms with E-state index in [4.69, 9.17) is 16.3 Å². The fraction of sp³-hybridized carbons (Fsp3) is 0.133. The van der Waals surface area contributed by atoms with Crippen LogP contribution in [0.1, 0.15) is 11.4 Å². The van der Waals surface area contributed by atoms with Gasteiger partial charge in [0.2, 0.25) is 0 Å². The second-order valence-corrected chi connectivity index (χ2v) is 4.81. The SMILES string of the molecule is COc1ccc(Cc2nc3ccc(Cl)cc3[nH]2)cc1. The highest BCUT2D eigenvalue weighted by Gasteiger charge is 2.04. The highest BCUT2D eigenvalue weighted by Crippen LogP contribution is 2.19. The maximum Gasteiger partial charge on any atom is 0.118 e. The van der Waals surface area contributed by atoms with Gasteiger partial charge in [-0.25, -0.2) is 4.98 Å². The summed E-state index contributed by atoms with van der Waals surface area (Å²) in [5.41, 5.74) is 3.09. The lowest BCUT2D eigenvalue weighted by atomic mass is 10.1. The number of nitrogens with zero attached hydrogens (tertiary/aromatic N) is 1. The van der Waals surface area contributed by atoms with Gasteiger partial charge >= 0.3 is 0 Å². The van der Waals surface area contributed by atoms with Crippen LogP contribution in [-0.2, 0) is 6.42 Å². The number of hydrogen-bond donors (Lipinski definition) is 1. The molecule has 3 rings (SSSR count). The van der Waals surface area contributed by atoms with Gasteiger partial charge in [-0.1, -0.05) is 23.7 Å². The first kappa shape index (κ1) is 12.1. The van der Waals surface area contributed by atoms with Crippen molar-refractivity contribution < 1.29 is 4.74 Å².